The number of nitrogens with one attached hydrogen (secondary N) is 1. The molecule has 1 aliphatic rings. The lowest BCUT2D eigenvalue weighted by Crippen LogP contribution is -2.33. The van der Waals surface area contributed by atoms with Crippen LogP contribution in [0.3, 0.4) is 0 Å². The van der Waals surface area contributed by atoms with Crippen LogP contribution in [-0.2, 0) is 4.79 Å². The second kappa shape index (κ2) is 5.57. The largest absolute Gasteiger partial charge is 0.326 e. The molecule has 2 heterocycles. The lowest BCUT2D eigenvalue weighted by atomic mass is 10.3. The Balaban J connectivity index is 1.83. The summed E-state index contributed by atoms with van der Waals surface area (Å²) < 4.78 is 0.890. The average molecular weight is 299 g/mol. The Bertz CT molecular complexity index is 395. The monoisotopic (exact) mass is 298 g/mol. The van der Waals surface area contributed by atoms with Gasteiger partial charge in [-0.1, -0.05) is 0 Å². The molecule has 1 aliphatic heterocycles. The number of hydrogen-bond donors (Lipinski definition) is 2. The van der Waals surface area contributed by atoms with Crippen LogP contribution in [0.4, 0.5) is 5.82 Å². The maximum atomic E-state index is 11.7. The molecule has 0 spiro atoms. The molecule has 1 atom stereocenters. The van der Waals surface area contributed by atoms with Crippen molar-refractivity contribution < 1.29 is 4.79 Å². The number of anilines is 1. The minimum atomic E-state index is -0.0473. The van der Waals surface area contributed by atoms with Gasteiger partial charge in [-0.3, -0.25) is 9.69 Å². The first-order valence-corrected chi connectivity index (χ1v) is 6.32. The molecule has 0 bridgehead atoms. The normalized spacial score (nSPS) is 20.5. The van der Waals surface area contributed by atoms with Gasteiger partial charge in [-0.15, -0.1) is 0 Å². The van der Waals surface area contributed by atoms with E-state index in [4.69, 9.17) is 5.73 Å². The molecule has 6 heteroatoms. The van der Waals surface area contributed by atoms with Crippen molar-refractivity contribution >= 4 is 27.7 Å². The van der Waals surface area contributed by atoms with Crippen LogP contribution in [0.25, 0.3) is 0 Å². The number of carbonyl (C=O) groups excluding carboxylic acids is 1. The van der Waals surface area contributed by atoms with Gasteiger partial charge in [0.25, 0.3) is 0 Å². The number of nitrogens with two attached hydrogens (primary N) is 1. The highest BCUT2D eigenvalue weighted by molar-refractivity contribution is 9.10. The third kappa shape index (κ3) is 3.76. The van der Waals surface area contributed by atoms with E-state index in [-0.39, 0.29) is 11.9 Å². The first-order valence-electron chi connectivity index (χ1n) is 5.53. The van der Waals surface area contributed by atoms with Crippen LogP contribution < -0.4 is 11.1 Å². The molecule has 0 aliphatic carbocycles. The summed E-state index contributed by atoms with van der Waals surface area (Å²) in [5, 5.41) is 2.76. The number of rotatable bonds is 3. The van der Waals surface area contributed by atoms with Crippen LogP contribution >= 0.6 is 15.9 Å². The highest BCUT2D eigenvalue weighted by atomic mass is 79.9. The average Bonchev–Trinajstić information content (AvgIpc) is 2.67. The number of likely N-dealkylation sites (tertiary alicyclic amines) is 1. The van der Waals surface area contributed by atoms with Gasteiger partial charge in [0.2, 0.25) is 5.91 Å². The molecule has 0 radical (unpaired) electrons. The van der Waals surface area contributed by atoms with E-state index in [9.17, 15) is 4.79 Å². The fraction of sp³-hybridized carbons (Fsp3) is 0.455. The minimum absolute atomic E-state index is 0.0473. The van der Waals surface area contributed by atoms with E-state index in [1.54, 1.807) is 12.3 Å². The van der Waals surface area contributed by atoms with E-state index in [0.29, 0.717) is 12.4 Å². The highest BCUT2D eigenvalue weighted by Crippen LogP contribution is 2.11. The van der Waals surface area contributed by atoms with Gasteiger partial charge in [0.1, 0.15) is 5.82 Å². The fourth-order valence-corrected chi connectivity index (χ4v) is 2.08. The fourth-order valence-electron chi connectivity index (χ4n) is 1.84. The molecule has 3 N–H and O–H groups in total. The second-order valence-electron chi connectivity index (χ2n) is 4.19. The molecule has 1 aromatic heterocycles. The van der Waals surface area contributed by atoms with Gasteiger partial charge in [0.15, 0.2) is 0 Å². The number of halogens is 1. The first kappa shape index (κ1) is 12.5. The number of carbonyl (C=O) groups is 1. The van der Waals surface area contributed by atoms with Crippen molar-refractivity contribution in [3.05, 3.63) is 22.8 Å². The maximum absolute atomic E-state index is 11.7. The smallest absolute Gasteiger partial charge is 0.239 e. The maximum Gasteiger partial charge on any atom is 0.239 e. The number of aromatic nitrogens is 1. The Morgan fingerprint density at radius 3 is 3.06 bits per heavy atom. The molecule has 5 nitrogen and oxygen atoms in total. The minimum Gasteiger partial charge on any atom is -0.326 e. The zero-order valence-electron chi connectivity index (χ0n) is 9.40. The summed E-state index contributed by atoms with van der Waals surface area (Å²) in [5.74, 6) is 0.524. The number of amides is 1. The number of pyridine rings is 1. The molecule has 17 heavy (non-hydrogen) atoms. The standard InChI is InChI=1S/C11H15BrN4O/c12-8-1-2-10(14-5-8)15-11(17)7-16-4-3-9(13)6-16/h1-2,5,9H,3-4,6-7,13H2,(H,14,15,17)/t9-/m0/s1. The van der Waals surface area contributed by atoms with Gasteiger partial charge in [-0.05, 0) is 34.5 Å². The third-order valence-corrected chi connectivity index (χ3v) is 3.14. The van der Waals surface area contributed by atoms with Crippen LogP contribution in [0.15, 0.2) is 22.8 Å². The van der Waals surface area contributed by atoms with E-state index in [2.05, 4.69) is 31.1 Å². The molecule has 0 unspecified atom stereocenters. The number of nitrogens with zero attached hydrogens (tertiary/aromatic N) is 2. The highest BCUT2D eigenvalue weighted by Gasteiger charge is 2.20. The summed E-state index contributed by atoms with van der Waals surface area (Å²) >= 11 is 3.29. The van der Waals surface area contributed by atoms with Crippen LogP contribution in [0, 0.1) is 0 Å². The zero-order chi connectivity index (χ0) is 12.3. The molecule has 1 aromatic rings. The van der Waals surface area contributed by atoms with Crippen molar-refractivity contribution in [2.45, 2.75) is 12.5 Å². The molecule has 0 aromatic carbocycles. The van der Waals surface area contributed by atoms with Crippen molar-refractivity contribution in [1.82, 2.24) is 9.88 Å². The summed E-state index contributed by atoms with van der Waals surface area (Å²) in [7, 11) is 0. The zero-order valence-corrected chi connectivity index (χ0v) is 11.0. The molecule has 92 valence electrons. The molecule has 1 amide bonds. The predicted molar refractivity (Wildman–Crippen MR) is 69.6 cm³/mol. The summed E-state index contributed by atoms with van der Waals surface area (Å²) in [4.78, 5) is 17.9. The lowest BCUT2D eigenvalue weighted by Gasteiger charge is -2.14. The summed E-state index contributed by atoms with van der Waals surface area (Å²) in [6.45, 7) is 2.06. The van der Waals surface area contributed by atoms with Crippen molar-refractivity contribution in [2.24, 2.45) is 5.73 Å². The Morgan fingerprint density at radius 1 is 1.65 bits per heavy atom. The van der Waals surface area contributed by atoms with Gasteiger partial charge in [-0.2, -0.15) is 0 Å². The molecular formula is C11H15BrN4O. The summed E-state index contributed by atoms with van der Waals surface area (Å²) in [5.41, 5.74) is 5.78. The second-order valence-corrected chi connectivity index (χ2v) is 5.11. The van der Waals surface area contributed by atoms with Gasteiger partial charge < -0.3 is 11.1 Å². The van der Waals surface area contributed by atoms with Gasteiger partial charge in [0, 0.05) is 29.8 Å². The molecular weight excluding hydrogens is 284 g/mol. The molecule has 2 rings (SSSR count). The van der Waals surface area contributed by atoms with Crippen molar-refractivity contribution in [2.75, 3.05) is 25.0 Å². The van der Waals surface area contributed by atoms with Crippen LogP contribution in [0.1, 0.15) is 6.42 Å². The van der Waals surface area contributed by atoms with E-state index in [0.717, 1.165) is 24.0 Å². The quantitative estimate of drug-likeness (QED) is 0.866. The van der Waals surface area contributed by atoms with Crippen molar-refractivity contribution in [3.8, 4) is 0 Å². The Kier molecular flexibility index (Phi) is 4.09. The van der Waals surface area contributed by atoms with E-state index < -0.39 is 0 Å². The van der Waals surface area contributed by atoms with Crippen LogP contribution in [0.5, 0.6) is 0 Å². The van der Waals surface area contributed by atoms with E-state index in [1.807, 2.05) is 6.07 Å². The number of hydrogen-bond acceptors (Lipinski definition) is 4. The predicted octanol–water partition coefficient (Wildman–Crippen LogP) is 0.816. The Morgan fingerprint density at radius 2 is 2.47 bits per heavy atom. The molecule has 1 saturated heterocycles. The summed E-state index contributed by atoms with van der Waals surface area (Å²) in [6.07, 6.45) is 2.62. The Hall–Kier alpha value is -0.980. The van der Waals surface area contributed by atoms with Gasteiger partial charge in [0.05, 0.1) is 6.54 Å². The molecule has 1 fully saturated rings. The van der Waals surface area contributed by atoms with Crippen LogP contribution in [0.2, 0.25) is 0 Å². The van der Waals surface area contributed by atoms with Gasteiger partial charge >= 0.3 is 0 Å². The molecule has 0 saturated carbocycles. The lowest BCUT2D eigenvalue weighted by molar-refractivity contribution is -0.117. The third-order valence-electron chi connectivity index (χ3n) is 2.67. The van der Waals surface area contributed by atoms with E-state index in [1.165, 1.54) is 0 Å². The SMILES string of the molecule is N[C@H]1CCN(CC(=O)Nc2ccc(Br)cn2)C1. The van der Waals surface area contributed by atoms with Gasteiger partial charge in [-0.25, -0.2) is 4.98 Å². The van der Waals surface area contributed by atoms with Crippen molar-refractivity contribution in [3.63, 3.8) is 0 Å². The van der Waals surface area contributed by atoms with Crippen LogP contribution in [-0.4, -0.2) is 41.5 Å². The summed E-state index contributed by atoms with van der Waals surface area (Å²) in [6, 6.07) is 3.81. The van der Waals surface area contributed by atoms with E-state index >= 15 is 0 Å². The first-order chi connectivity index (χ1) is 8.13. The van der Waals surface area contributed by atoms with Crippen molar-refractivity contribution in [1.29, 1.82) is 0 Å². The topological polar surface area (TPSA) is 71.2 Å². The Labute approximate surface area is 109 Å².